The van der Waals surface area contributed by atoms with E-state index >= 15 is 0 Å². The zero-order chi connectivity index (χ0) is 16.8. The molecule has 0 saturated heterocycles. The van der Waals surface area contributed by atoms with Gasteiger partial charge in [-0.05, 0) is 30.5 Å². The molecular weight excluding hydrogens is 330 g/mol. The number of halogens is 2. The number of hydrogen-bond acceptors (Lipinski definition) is 5. The summed E-state index contributed by atoms with van der Waals surface area (Å²) < 4.78 is 33.8. The summed E-state index contributed by atoms with van der Waals surface area (Å²) in [5.74, 6) is -0.729. The van der Waals surface area contributed by atoms with Crippen molar-refractivity contribution < 1.29 is 27.5 Å². The lowest BCUT2D eigenvalue weighted by Gasteiger charge is -2.13. The van der Waals surface area contributed by atoms with Gasteiger partial charge in [-0.2, -0.15) is 8.78 Å². The molecule has 2 amide bonds. The van der Waals surface area contributed by atoms with Crippen LogP contribution in [0.2, 0.25) is 0 Å². The van der Waals surface area contributed by atoms with Crippen molar-refractivity contribution in [1.29, 1.82) is 0 Å². The fourth-order valence-corrected chi connectivity index (χ4v) is 2.45. The zero-order valence-corrected chi connectivity index (χ0v) is 12.9. The van der Waals surface area contributed by atoms with Crippen molar-refractivity contribution in [3.05, 3.63) is 40.5 Å². The van der Waals surface area contributed by atoms with E-state index in [4.69, 9.17) is 4.42 Å². The molecule has 0 aliphatic carbocycles. The summed E-state index contributed by atoms with van der Waals surface area (Å²) in [4.78, 5) is 23.9. The maximum atomic E-state index is 12.2. The minimum atomic E-state index is -3.02. The van der Waals surface area contributed by atoms with Gasteiger partial charge in [0.05, 0.1) is 12.8 Å². The summed E-state index contributed by atoms with van der Waals surface area (Å²) in [5, 5.41) is 6.47. The monoisotopic (exact) mass is 344 g/mol. The molecule has 2 rings (SSSR count). The first kappa shape index (κ1) is 16.9. The second kappa shape index (κ2) is 7.73. The third kappa shape index (κ3) is 4.78. The van der Waals surface area contributed by atoms with Crippen molar-refractivity contribution in [3.8, 4) is 5.75 Å². The molecule has 6 nitrogen and oxygen atoms in total. The Kier molecular flexibility index (Phi) is 5.69. The van der Waals surface area contributed by atoms with Crippen LogP contribution in [0.25, 0.3) is 0 Å². The largest absolute Gasteiger partial charge is 0.467 e. The third-order valence-corrected chi connectivity index (χ3v) is 3.70. The third-order valence-electron chi connectivity index (χ3n) is 2.81. The summed E-state index contributed by atoms with van der Waals surface area (Å²) in [6.07, 6.45) is 1.48. The van der Waals surface area contributed by atoms with Crippen LogP contribution in [-0.2, 0) is 11.3 Å². The Labute approximate surface area is 134 Å². The highest BCUT2D eigenvalue weighted by Crippen LogP contribution is 2.26. The number of carbonyl (C=O) groups excluding carboxylic acids is 2. The minimum absolute atomic E-state index is 0.0176. The van der Waals surface area contributed by atoms with E-state index in [1.165, 1.54) is 24.6 Å². The summed E-state index contributed by atoms with van der Waals surface area (Å²) in [6.45, 7) is -1.35. The molecule has 0 bridgehead atoms. The lowest BCUT2D eigenvalue weighted by atomic mass is 10.3. The maximum absolute atomic E-state index is 12.2. The van der Waals surface area contributed by atoms with Crippen LogP contribution in [0.1, 0.15) is 22.4 Å². The normalized spacial score (nSPS) is 12.0. The highest BCUT2D eigenvalue weighted by Gasteiger charge is 2.21. The SMILES string of the molecule is CC(NC(=O)c1sccc1OC(F)F)C(=O)NCc1ccco1. The molecule has 0 saturated carbocycles. The Morgan fingerprint density at radius 3 is 2.83 bits per heavy atom. The van der Waals surface area contributed by atoms with Gasteiger partial charge in [-0.3, -0.25) is 9.59 Å². The van der Waals surface area contributed by atoms with Crippen molar-refractivity contribution in [2.45, 2.75) is 26.1 Å². The molecule has 9 heteroatoms. The Balaban J connectivity index is 1.89. The number of amides is 2. The quantitative estimate of drug-likeness (QED) is 0.808. The second-order valence-corrected chi connectivity index (χ2v) is 5.40. The molecule has 2 aromatic heterocycles. The van der Waals surface area contributed by atoms with E-state index in [9.17, 15) is 18.4 Å². The molecule has 0 radical (unpaired) electrons. The fourth-order valence-electron chi connectivity index (χ4n) is 1.72. The fraction of sp³-hybridized carbons (Fsp3) is 0.286. The van der Waals surface area contributed by atoms with Crippen LogP contribution < -0.4 is 15.4 Å². The predicted octanol–water partition coefficient (Wildman–Crippen LogP) is 2.38. The number of nitrogens with one attached hydrogen (secondary N) is 2. The van der Waals surface area contributed by atoms with Gasteiger partial charge in [0.1, 0.15) is 22.4 Å². The summed E-state index contributed by atoms with van der Waals surface area (Å²) in [5.41, 5.74) is 0. The molecule has 0 fully saturated rings. The maximum Gasteiger partial charge on any atom is 0.387 e. The number of rotatable bonds is 7. The predicted molar refractivity (Wildman–Crippen MR) is 78.4 cm³/mol. The Hall–Kier alpha value is -2.42. The van der Waals surface area contributed by atoms with Gasteiger partial charge in [0.25, 0.3) is 5.91 Å². The zero-order valence-electron chi connectivity index (χ0n) is 12.0. The highest BCUT2D eigenvalue weighted by molar-refractivity contribution is 7.12. The Morgan fingerprint density at radius 1 is 1.39 bits per heavy atom. The molecule has 23 heavy (non-hydrogen) atoms. The number of alkyl halides is 2. The van der Waals surface area contributed by atoms with E-state index in [2.05, 4.69) is 15.4 Å². The van der Waals surface area contributed by atoms with Crippen LogP contribution >= 0.6 is 11.3 Å². The molecule has 0 aliphatic rings. The summed E-state index contributed by atoms with van der Waals surface area (Å²) in [6, 6.07) is 3.81. The number of thiophene rings is 1. The molecule has 2 aromatic rings. The first-order chi connectivity index (χ1) is 11.0. The van der Waals surface area contributed by atoms with E-state index in [1.807, 2.05) is 0 Å². The lowest BCUT2D eigenvalue weighted by Crippen LogP contribution is -2.44. The topological polar surface area (TPSA) is 80.6 Å². The van der Waals surface area contributed by atoms with Gasteiger partial charge in [0.15, 0.2) is 0 Å². The molecular formula is C14H14F2N2O4S. The Morgan fingerprint density at radius 2 is 2.17 bits per heavy atom. The van der Waals surface area contributed by atoms with E-state index in [0.717, 1.165) is 11.3 Å². The van der Waals surface area contributed by atoms with Gasteiger partial charge in [0, 0.05) is 0 Å². The van der Waals surface area contributed by atoms with Gasteiger partial charge in [0.2, 0.25) is 5.91 Å². The lowest BCUT2D eigenvalue weighted by molar-refractivity contribution is -0.122. The van der Waals surface area contributed by atoms with Gasteiger partial charge >= 0.3 is 6.61 Å². The smallest absolute Gasteiger partial charge is 0.387 e. The molecule has 2 N–H and O–H groups in total. The van der Waals surface area contributed by atoms with Gasteiger partial charge in [-0.1, -0.05) is 0 Å². The van der Waals surface area contributed by atoms with Gasteiger partial charge in [-0.25, -0.2) is 0 Å². The van der Waals surface area contributed by atoms with Crippen LogP contribution in [0.3, 0.4) is 0 Å². The number of hydrogen-bond donors (Lipinski definition) is 2. The number of ether oxygens (including phenoxy) is 1. The van der Waals surface area contributed by atoms with Gasteiger partial charge < -0.3 is 19.8 Å². The van der Waals surface area contributed by atoms with Crippen LogP contribution in [0.5, 0.6) is 5.75 Å². The van der Waals surface area contributed by atoms with Crippen LogP contribution in [0.4, 0.5) is 8.78 Å². The Bertz CT molecular complexity index is 658. The summed E-state index contributed by atoms with van der Waals surface area (Å²) >= 11 is 0.948. The minimum Gasteiger partial charge on any atom is -0.467 e. The van der Waals surface area contributed by atoms with E-state index in [1.54, 1.807) is 12.1 Å². The van der Waals surface area contributed by atoms with Crippen LogP contribution in [0.15, 0.2) is 34.3 Å². The molecule has 1 unspecified atom stereocenters. The van der Waals surface area contributed by atoms with E-state index < -0.39 is 24.5 Å². The second-order valence-electron chi connectivity index (χ2n) is 4.48. The average Bonchev–Trinajstić information content (AvgIpc) is 3.15. The number of carbonyl (C=O) groups is 2. The van der Waals surface area contributed by atoms with Crippen molar-refractivity contribution in [2.24, 2.45) is 0 Å². The van der Waals surface area contributed by atoms with Crippen LogP contribution in [0, 0.1) is 0 Å². The van der Waals surface area contributed by atoms with Crippen molar-refractivity contribution >= 4 is 23.2 Å². The molecule has 0 spiro atoms. The average molecular weight is 344 g/mol. The first-order valence-electron chi connectivity index (χ1n) is 6.60. The highest BCUT2D eigenvalue weighted by atomic mass is 32.1. The van der Waals surface area contributed by atoms with E-state index in [0.29, 0.717) is 5.76 Å². The molecule has 0 aliphatic heterocycles. The van der Waals surface area contributed by atoms with Crippen molar-refractivity contribution in [1.82, 2.24) is 10.6 Å². The van der Waals surface area contributed by atoms with Gasteiger partial charge in [-0.15, -0.1) is 11.3 Å². The molecule has 2 heterocycles. The van der Waals surface area contributed by atoms with Crippen molar-refractivity contribution in [3.63, 3.8) is 0 Å². The first-order valence-corrected chi connectivity index (χ1v) is 7.48. The van der Waals surface area contributed by atoms with Crippen LogP contribution in [-0.4, -0.2) is 24.5 Å². The van der Waals surface area contributed by atoms with E-state index in [-0.39, 0.29) is 17.2 Å². The number of furan rings is 1. The molecule has 0 aromatic carbocycles. The summed E-state index contributed by atoms with van der Waals surface area (Å²) in [7, 11) is 0. The molecule has 124 valence electrons. The van der Waals surface area contributed by atoms with Crippen molar-refractivity contribution in [2.75, 3.05) is 0 Å². The molecule has 1 atom stereocenters. The standard InChI is InChI=1S/C14H14F2N2O4S/c1-8(12(19)17-7-9-3-2-5-21-9)18-13(20)11-10(4-6-23-11)22-14(15)16/h2-6,8,14H,7H2,1H3,(H,17,19)(H,18,20).